The minimum atomic E-state index is 0.697. The highest BCUT2D eigenvalue weighted by atomic mass is 32.2. The topological polar surface area (TPSA) is 27.6 Å². The SMILES string of the molecule is C=CCN=C(NCC)N1CCSC(CC)C1. The Bertz CT molecular complexity index is 240. The Hall–Kier alpha value is -0.640. The molecule has 1 aliphatic heterocycles. The Morgan fingerprint density at radius 2 is 2.44 bits per heavy atom. The van der Waals surface area contributed by atoms with Crippen LogP contribution in [0.4, 0.5) is 0 Å². The van der Waals surface area contributed by atoms with Crippen molar-refractivity contribution < 1.29 is 0 Å². The summed E-state index contributed by atoms with van der Waals surface area (Å²) in [7, 11) is 0. The molecule has 1 saturated heterocycles. The summed E-state index contributed by atoms with van der Waals surface area (Å²) in [6.45, 7) is 11.9. The van der Waals surface area contributed by atoms with E-state index in [1.165, 1.54) is 12.2 Å². The standard InChI is InChI=1S/C12H23N3S/c1-4-7-14-12(13-6-3)15-8-9-16-11(5-2)10-15/h4,11H,1,5-10H2,2-3H3,(H,13,14). The minimum absolute atomic E-state index is 0.697. The molecule has 0 aromatic rings. The molecular weight excluding hydrogens is 218 g/mol. The molecule has 92 valence electrons. The summed E-state index contributed by atoms with van der Waals surface area (Å²) in [4.78, 5) is 6.90. The Morgan fingerprint density at radius 1 is 1.62 bits per heavy atom. The summed E-state index contributed by atoms with van der Waals surface area (Å²) in [5, 5.41) is 4.10. The second kappa shape index (κ2) is 7.60. The maximum atomic E-state index is 4.53. The molecule has 1 N–H and O–H groups in total. The maximum Gasteiger partial charge on any atom is 0.194 e. The Labute approximate surface area is 103 Å². The second-order valence-corrected chi connectivity index (χ2v) is 5.24. The number of rotatable bonds is 4. The van der Waals surface area contributed by atoms with Crippen LogP contribution in [0.15, 0.2) is 17.6 Å². The molecule has 0 bridgehead atoms. The highest BCUT2D eigenvalue weighted by molar-refractivity contribution is 8.00. The Morgan fingerprint density at radius 3 is 3.06 bits per heavy atom. The van der Waals surface area contributed by atoms with Gasteiger partial charge in [-0.05, 0) is 13.3 Å². The van der Waals surface area contributed by atoms with Gasteiger partial charge in [0.1, 0.15) is 0 Å². The van der Waals surface area contributed by atoms with Crippen LogP contribution < -0.4 is 5.32 Å². The van der Waals surface area contributed by atoms with E-state index in [9.17, 15) is 0 Å². The third-order valence-corrected chi connectivity index (χ3v) is 3.97. The third kappa shape index (κ3) is 4.08. The fourth-order valence-corrected chi connectivity index (χ4v) is 2.92. The lowest BCUT2D eigenvalue weighted by molar-refractivity contribution is 0.409. The van der Waals surface area contributed by atoms with Gasteiger partial charge >= 0.3 is 0 Å². The van der Waals surface area contributed by atoms with E-state index in [4.69, 9.17) is 0 Å². The fraction of sp³-hybridized carbons (Fsp3) is 0.750. The van der Waals surface area contributed by atoms with Crippen LogP contribution >= 0.6 is 11.8 Å². The van der Waals surface area contributed by atoms with Crippen molar-refractivity contribution in [3.05, 3.63) is 12.7 Å². The van der Waals surface area contributed by atoms with Crippen molar-refractivity contribution in [3.8, 4) is 0 Å². The molecule has 0 amide bonds. The van der Waals surface area contributed by atoms with Gasteiger partial charge in [-0.15, -0.1) is 6.58 Å². The predicted octanol–water partition coefficient (Wildman–Crippen LogP) is 1.97. The van der Waals surface area contributed by atoms with E-state index >= 15 is 0 Å². The third-order valence-electron chi connectivity index (χ3n) is 2.60. The maximum absolute atomic E-state index is 4.53. The summed E-state index contributed by atoms with van der Waals surface area (Å²) in [5.74, 6) is 2.25. The van der Waals surface area contributed by atoms with Crippen molar-refractivity contribution in [2.75, 3.05) is 31.9 Å². The van der Waals surface area contributed by atoms with Crippen molar-refractivity contribution in [1.82, 2.24) is 10.2 Å². The van der Waals surface area contributed by atoms with Crippen LogP contribution in [0.3, 0.4) is 0 Å². The number of hydrogen-bond donors (Lipinski definition) is 1. The number of thioether (sulfide) groups is 1. The molecule has 1 unspecified atom stereocenters. The summed E-state index contributed by atoms with van der Waals surface area (Å²) < 4.78 is 0. The van der Waals surface area contributed by atoms with Crippen LogP contribution in [0.25, 0.3) is 0 Å². The zero-order chi connectivity index (χ0) is 11.8. The largest absolute Gasteiger partial charge is 0.357 e. The van der Waals surface area contributed by atoms with Gasteiger partial charge in [0.25, 0.3) is 0 Å². The van der Waals surface area contributed by atoms with E-state index in [0.717, 1.165) is 30.8 Å². The molecular formula is C12H23N3S. The molecule has 1 heterocycles. The molecule has 0 radical (unpaired) electrons. The van der Waals surface area contributed by atoms with Crippen LogP contribution in [0.2, 0.25) is 0 Å². The van der Waals surface area contributed by atoms with E-state index < -0.39 is 0 Å². The first-order chi connectivity index (χ1) is 7.81. The van der Waals surface area contributed by atoms with Crippen molar-refractivity contribution >= 4 is 17.7 Å². The van der Waals surface area contributed by atoms with Crippen LogP contribution in [0.1, 0.15) is 20.3 Å². The number of hydrogen-bond acceptors (Lipinski definition) is 2. The summed E-state index contributed by atoms with van der Waals surface area (Å²) in [5.41, 5.74) is 0. The van der Waals surface area contributed by atoms with E-state index in [1.807, 2.05) is 6.08 Å². The number of aliphatic imine (C=N–C) groups is 1. The molecule has 1 aliphatic rings. The van der Waals surface area contributed by atoms with E-state index in [-0.39, 0.29) is 0 Å². The van der Waals surface area contributed by atoms with Gasteiger partial charge in [-0.3, -0.25) is 0 Å². The molecule has 0 aromatic heterocycles. The fourth-order valence-electron chi connectivity index (χ4n) is 1.74. The average molecular weight is 241 g/mol. The quantitative estimate of drug-likeness (QED) is 0.463. The number of guanidine groups is 1. The molecule has 0 saturated carbocycles. The zero-order valence-corrected chi connectivity index (χ0v) is 11.2. The molecule has 4 heteroatoms. The molecule has 0 spiro atoms. The molecule has 0 aliphatic carbocycles. The zero-order valence-electron chi connectivity index (χ0n) is 10.4. The first kappa shape index (κ1) is 13.4. The van der Waals surface area contributed by atoms with Gasteiger partial charge in [-0.2, -0.15) is 11.8 Å². The van der Waals surface area contributed by atoms with Crippen molar-refractivity contribution in [2.24, 2.45) is 4.99 Å². The molecule has 0 aromatic carbocycles. The first-order valence-corrected chi connectivity index (χ1v) is 7.12. The molecule has 1 rings (SSSR count). The van der Waals surface area contributed by atoms with Gasteiger partial charge in [0.15, 0.2) is 5.96 Å². The monoisotopic (exact) mass is 241 g/mol. The van der Waals surface area contributed by atoms with Crippen molar-refractivity contribution in [1.29, 1.82) is 0 Å². The van der Waals surface area contributed by atoms with Gasteiger partial charge in [0.05, 0.1) is 6.54 Å². The summed E-state index contributed by atoms with van der Waals surface area (Å²) in [6.07, 6.45) is 3.08. The lowest BCUT2D eigenvalue weighted by atomic mass is 10.3. The van der Waals surface area contributed by atoms with Crippen molar-refractivity contribution in [3.63, 3.8) is 0 Å². The lowest BCUT2D eigenvalue weighted by Gasteiger charge is -2.34. The molecule has 16 heavy (non-hydrogen) atoms. The van der Waals surface area contributed by atoms with Gasteiger partial charge in [0, 0.05) is 30.6 Å². The smallest absolute Gasteiger partial charge is 0.194 e. The van der Waals surface area contributed by atoms with Crippen LogP contribution in [-0.2, 0) is 0 Å². The highest BCUT2D eigenvalue weighted by Gasteiger charge is 2.20. The molecule has 1 atom stereocenters. The molecule has 3 nitrogen and oxygen atoms in total. The second-order valence-electron chi connectivity index (χ2n) is 3.83. The van der Waals surface area contributed by atoms with Gasteiger partial charge in [0.2, 0.25) is 0 Å². The average Bonchev–Trinajstić information content (AvgIpc) is 2.34. The summed E-state index contributed by atoms with van der Waals surface area (Å²) in [6, 6.07) is 0. The number of nitrogens with one attached hydrogen (secondary N) is 1. The van der Waals surface area contributed by atoms with E-state index in [2.05, 4.69) is 47.4 Å². The van der Waals surface area contributed by atoms with Gasteiger partial charge in [-0.25, -0.2) is 4.99 Å². The number of nitrogens with zero attached hydrogens (tertiary/aromatic N) is 2. The molecule has 1 fully saturated rings. The Balaban J connectivity index is 2.58. The predicted molar refractivity (Wildman–Crippen MR) is 74.3 cm³/mol. The van der Waals surface area contributed by atoms with Crippen LogP contribution in [0.5, 0.6) is 0 Å². The van der Waals surface area contributed by atoms with Crippen LogP contribution in [0, 0.1) is 0 Å². The Kier molecular flexibility index (Phi) is 6.38. The normalized spacial score (nSPS) is 22.0. The lowest BCUT2D eigenvalue weighted by Crippen LogP contribution is -2.48. The van der Waals surface area contributed by atoms with E-state index in [0.29, 0.717) is 6.54 Å². The summed E-state index contributed by atoms with van der Waals surface area (Å²) >= 11 is 2.08. The van der Waals surface area contributed by atoms with Crippen LogP contribution in [-0.4, -0.2) is 48.0 Å². The van der Waals surface area contributed by atoms with E-state index in [1.54, 1.807) is 0 Å². The van der Waals surface area contributed by atoms with Gasteiger partial charge < -0.3 is 10.2 Å². The first-order valence-electron chi connectivity index (χ1n) is 6.07. The minimum Gasteiger partial charge on any atom is -0.357 e. The highest BCUT2D eigenvalue weighted by Crippen LogP contribution is 2.20. The van der Waals surface area contributed by atoms with Gasteiger partial charge in [-0.1, -0.05) is 13.0 Å². The van der Waals surface area contributed by atoms with Crippen molar-refractivity contribution in [2.45, 2.75) is 25.5 Å².